The van der Waals surface area contributed by atoms with Gasteiger partial charge in [0.05, 0.1) is 10.6 Å². The van der Waals surface area contributed by atoms with Crippen molar-refractivity contribution in [1.82, 2.24) is 25.1 Å². The molecule has 0 fully saturated rings. The van der Waals surface area contributed by atoms with Crippen LogP contribution in [0.3, 0.4) is 0 Å². The highest BCUT2D eigenvalue weighted by Crippen LogP contribution is 2.06. The Morgan fingerprint density at radius 3 is 2.54 bits per heavy atom. The molecule has 154 valence electrons. The van der Waals surface area contributed by atoms with E-state index in [1.54, 1.807) is 30.3 Å². The number of hydrogen-bond acceptors (Lipinski definition) is 4. The number of hydrogen-bond donors (Lipinski definition) is 3. The second-order valence-corrected chi connectivity index (χ2v) is 8.17. The summed E-state index contributed by atoms with van der Waals surface area (Å²) >= 11 is 0. The number of sulfonamides is 1. The first-order valence-electron chi connectivity index (χ1n) is 9.50. The Morgan fingerprint density at radius 1 is 1.14 bits per heavy atom. The average Bonchev–Trinajstić information content (AvgIpc) is 3.00. The van der Waals surface area contributed by atoms with Crippen LogP contribution in [0.4, 0.5) is 0 Å². The van der Waals surface area contributed by atoms with E-state index in [2.05, 4.69) is 31.5 Å². The minimum Gasteiger partial charge on any atom is -0.357 e. The largest absolute Gasteiger partial charge is 0.357 e. The van der Waals surface area contributed by atoms with E-state index in [1.165, 1.54) is 0 Å². The predicted octanol–water partition coefficient (Wildman–Crippen LogP) is 1.42. The third-order valence-electron chi connectivity index (χ3n) is 4.01. The summed E-state index contributed by atoms with van der Waals surface area (Å²) in [7, 11) is -3.48. The standard InChI is InChI=1S/C19H30N6O2S/c1-4-20-19(21-11-8-14-25-17(3)15-16(2)24-25)22-12-13-23-28(26,27)18-9-6-5-7-10-18/h5-7,9-10,15,23H,4,8,11-14H2,1-3H3,(H2,20,21,22). The van der Waals surface area contributed by atoms with Gasteiger partial charge >= 0.3 is 0 Å². The van der Waals surface area contributed by atoms with E-state index in [4.69, 9.17) is 0 Å². The lowest BCUT2D eigenvalue weighted by Gasteiger charge is -2.12. The normalized spacial score (nSPS) is 12.2. The second-order valence-electron chi connectivity index (χ2n) is 6.40. The van der Waals surface area contributed by atoms with Crippen molar-refractivity contribution in [2.24, 2.45) is 4.99 Å². The number of rotatable bonds is 10. The van der Waals surface area contributed by atoms with Crippen LogP contribution in [0.25, 0.3) is 0 Å². The maximum absolute atomic E-state index is 12.2. The van der Waals surface area contributed by atoms with Crippen molar-refractivity contribution in [2.75, 3.05) is 26.2 Å². The van der Waals surface area contributed by atoms with Gasteiger partial charge in [-0.15, -0.1) is 0 Å². The van der Waals surface area contributed by atoms with E-state index in [1.807, 2.05) is 25.5 Å². The van der Waals surface area contributed by atoms with Crippen molar-refractivity contribution >= 4 is 16.0 Å². The summed E-state index contributed by atoms with van der Waals surface area (Å²) in [6, 6.07) is 10.4. The molecule has 8 nitrogen and oxygen atoms in total. The van der Waals surface area contributed by atoms with Gasteiger partial charge in [-0.1, -0.05) is 18.2 Å². The van der Waals surface area contributed by atoms with Crippen molar-refractivity contribution in [1.29, 1.82) is 0 Å². The number of nitrogens with one attached hydrogen (secondary N) is 3. The second kappa shape index (κ2) is 10.8. The zero-order chi connectivity index (χ0) is 20.4. The lowest BCUT2D eigenvalue weighted by molar-refractivity contribution is 0.566. The SMILES string of the molecule is CCNC(=NCCCn1nc(C)cc1C)NCCNS(=O)(=O)c1ccccc1. The number of aromatic nitrogens is 2. The van der Waals surface area contributed by atoms with Crippen LogP contribution in [-0.4, -0.2) is 50.3 Å². The maximum Gasteiger partial charge on any atom is 0.240 e. The van der Waals surface area contributed by atoms with Crippen molar-refractivity contribution in [3.63, 3.8) is 0 Å². The highest BCUT2D eigenvalue weighted by molar-refractivity contribution is 7.89. The molecule has 2 aromatic rings. The van der Waals surface area contributed by atoms with Crippen LogP contribution in [0.1, 0.15) is 24.7 Å². The van der Waals surface area contributed by atoms with E-state index in [-0.39, 0.29) is 11.4 Å². The van der Waals surface area contributed by atoms with Gasteiger partial charge in [0.2, 0.25) is 10.0 Å². The molecule has 0 atom stereocenters. The monoisotopic (exact) mass is 406 g/mol. The van der Waals surface area contributed by atoms with Crippen LogP contribution in [0.2, 0.25) is 0 Å². The molecule has 9 heteroatoms. The summed E-state index contributed by atoms with van der Waals surface area (Å²) < 4.78 is 28.9. The van der Waals surface area contributed by atoms with E-state index < -0.39 is 10.0 Å². The molecule has 0 aliphatic heterocycles. The summed E-state index contributed by atoms with van der Waals surface area (Å²) in [6.07, 6.45) is 0.874. The Kier molecular flexibility index (Phi) is 8.46. The van der Waals surface area contributed by atoms with Crippen LogP contribution < -0.4 is 15.4 Å². The van der Waals surface area contributed by atoms with Gasteiger partial charge in [-0.25, -0.2) is 13.1 Å². The molecule has 0 bridgehead atoms. The molecule has 0 unspecified atom stereocenters. The van der Waals surface area contributed by atoms with Gasteiger partial charge in [0.1, 0.15) is 0 Å². The molecule has 0 aliphatic carbocycles. The number of benzene rings is 1. The molecule has 0 radical (unpaired) electrons. The number of nitrogens with zero attached hydrogens (tertiary/aromatic N) is 3. The molecule has 0 saturated heterocycles. The summed E-state index contributed by atoms with van der Waals surface area (Å²) in [5.41, 5.74) is 2.17. The number of aliphatic imine (C=N–C) groups is 1. The number of aryl methyl sites for hydroxylation is 3. The van der Waals surface area contributed by atoms with Gasteiger partial charge < -0.3 is 10.6 Å². The summed E-state index contributed by atoms with van der Waals surface area (Å²) in [5, 5.41) is 10.8. The lowest BCUT2D eigenvalue weighted by atomic mass is 10.4. The molecule has 1 aromatic carbocycles. The minimum atomic E-state index is -3.48. The fraction of sp³-hybridized carbons (Fsp3) is 0.474. The van der Waals surface area contributed by atoms with Crippen LogP contribution in [0.5, 0.6) is 0 Å². The lowest BCUT2D eigenvalue weighted by Crippen LogP contribution is -2.41. The fourth-order valence-corrected chi connectivity index (χ4v) is 3.76. The molecule has 1 aromatic heterocycles. The van der Waals surface area contributed by atoms with Gasteiger partial charge in [0.15, 0.2) is 5.96 Å². The fourth-order valence-electron chi connectivity index (χ4n) is 2.70. The zero-order valence-corrected chi connectivity index (χ0v) is 17.6. The first kappa shape index (κ1) is 21.9. The molecule has 3 N–H and O–H groups in total. The average molecular weight is 407 g/mol. The van der Waals surface area contributed by atoms with E-state index in [9.17, 15) is 8.42 Å². The van der Waals surface area contributed by atoms with Gasteiger partial charge in [0, 0.05) is 38.4 Å². The van der Waals surface area contributed by atoms with Gasteiger partial charge in [0.25, 0.3) is 0 Å². The Bertz CT molecular complexity index is 862. The molecule has 28 heavy (non-hydrogen) atoms. The summed E-state index contributed by atoms with van der Waals surface area (Å²) in [4.78, 5) is 4.80. The molecule has 0 amide bonds. The molecule has 1 heterocycles. The van der Waals surface area contributed by atoms with Crippen LogP contribution in [0, 0.1) is 13.8 Å². The molecule has 0 aliphatic rings. The Labute approximate surface area is 167 Å². The van der Waals surface area contributed by atoms with Gasteiger partial charge in [-0.2, -0.15) is 5.10 Å². The van der Waals surface area contributed by atoms with Crippen molar-refractivity contribution in [3.8, 4) is 0 Å². The zero-order valence-electron chi connectivity index (χ0n) is 16.8. The van der Waals surface area contributed by atoms with Gasteiger partial charge in [-0.3, -0.25) is 9.67 Å². The quantitative estimate of drug-likeness (QED) is 0.315. The molecule has 0 spiro atoms. The summed E-state index contributed by atoms with van der Waals surface area (Å²) in [6.45, 7) is 8.95. The maximum atomic E-state index is 12.2. The third-order valence-corrected chi connectivity index (χ3v) is 5.49. The summed E-state index contributed by atoms with van der Waals surface area (Å²) in [5.74, 6) is 0.676. The Morgan fingerprint density at radius 2 is 1.89 bits per heavy atom. The highest BCUT2D eigenvalue weighted by atomic mass is 32.2. The third kappa shape index (κ3) is 6.97. The topological polar surface area (TPSA) is 100 Å². The van der Waals surface area contributed by atoms with Crippen molar-refractivity contribution < 1.29 is 8.42 Å². The first-order valence-corrected chi connectivity index (χ1v) is 11.0. The van der Waals surface area contributed by atoms with E-state index in [0.717, 1.165) is 30.9 Å². The Balaban J connectivity index is 1.75. The molecule has 2 rings (SSSR count). The highest BCUT2D eigenvalue weighted by Gasteiger charge is 2.12. The van der Waals surface area contributed by atoms with Crippen molar-refractivity contribution in [3.05, 3.63) is 47.8 Å². The first-order chi connectivity index (χ1) is 13.4. The van der Waals surface area contributed by atoms with Gasteiger partial charge in [-0.05, 0) is 45.4 Å². The van der Waals surface area contributed by atoms with Crippen LogP contribution in [0.15, 0.2) is 46.3 Å². The van der Waals surface area contributed by atoms with E-state index >= 15 is 0 Å². The minimum absolute atomic E-state index is 0.264. The van der Waals surface area contributed by atoms with Crippen LogP contribution >= 0.6 is 0 Å². The molecular formula is C19H30N6O2S. The number of guanidine groups is 1. The molecular weight excluding hydrogens is 376 g/mol. The Hall–Kier alpha value is -2.39. The smallest absolute Gasteiger partial charge is 0.240 e. The van der Waals surface area contributed by atoms with E-state index in [0.29, 0.717) is 19.0 Å². The predicted molar refractivity (Wildman–Crippen MR) is 112 cm³/mol. The van der Waals surface area contributed by atoms with Crippen molar-refractivity contribution in [2.45, 2.75) is 38.6 Å². The van der Waals surface area contributed by atoms with Crippen LogP contribution in [-0.2, 0) is 16.6 Å². The molecule has 0 saturated carbocycles.